The van der Waals surface area contributed by atoms with Crippen molar-refractivity contribution in [3.63, 3.8) is 0 Å². The van der Waals surface area contributed by atoms with Crippen LogP contribution in [-0.4, -0.2) is 33.0 Å². The van der Waals surface area contributed by atoms with Crippen LogP contribution in [0.5, 0.6) is 0 Å². The van der Waals surface area contributed by atoms with Gasteiger partial charge in [0.2, 0.25) is 0 Å². The van der Waals surface area contributed by atoms with Crippen LogP contribution in [0.3, 0.4) is 0 Å². The van der Waals surface area contributed by atoms with E-state index < -0.39 is 17.7 Å². The summed E-state index contributed by atoms with van der Waals surface area (Å²) in [5.41, 5.74) is -1.97. The van der Waals surface area contributed by atoms with Crippen molar-refractivity contribution in [3.05, 3.63) is 0 Å². The van der Waals surface area contributed by atoms with E-state index in [9.17, 15) is 15.0 Å². The molecule has 0 aromatic rings. The first-order chi connectivity index (χ1) is 5.49. The molecular formula is C8H16O4. The summed E-state index contributed by atoms with van der Waals surface area (Å²) in [7, 11) is 0. The van der Waals surface area contributed by atoms with E-state index in [1.54, 1.807) is 13.8 Å². The van der Waals surface area contributed by atoms with E-state index in [4.69, 9.17) is 5.11 Å². The molecule has 0 bridgehead atoms. The molecule has 72 valence electrons. The third kappa shape index (κ3) is 2.19. The minimum absolute atomic E-state index is 0.0807. The number of carboxylic acid groups (broad SMARTS) is 1. The summed E-state index contributed by atoms with van der Waals surface area (Å²) in [4.78, 5) is 10.6. The molecule has 0 saturated carbocycles. The van der Waals surface area contributed by atoms with Crippen LogP contribution in [0.15, 0.2) is 0 Å². The van der Waals surface area contributed by atoms with Crippen LogP contribution in [0.2, 0.25) is 0 Å². The first-order valence-electron chi connectivity index (χ1n) is 4.12. The van der Waals surface area contributed by atoms with Gasteiger partial charge in [-0.15, -0.1) is 0 Å². The lowest BCUT2D eigenvalue weighted by atomic mass is 9.90. The van der Waals surface area contributed by atoms with Crippen molar-refractivity contribution in [2.45, 2.75) is 44.8 Å². The molecule has 4 nitrogen and oxygen atoms in total. The Morgan fingerprint density at radius 1 is 1.50 bits per heavy atom. The second-order valence-corrected chi connectivity index (χ2v) is 2.90. The van der Waals surface area contributed by atoms with Crippen LogP contribution < -0.4 is 0 Å². The van der Waals surface area contributed by atoms with Gasteiger partial charge in [0.05, 0.1) is 6.10 Å². The lowest BCUT2D eigenvalue weighted by molar-refractivity contribution is -0.173. The van der Waals surface area contributed by atoms with Crippen molar-refractivity contribution in [1.82, 2.24) is 0 Å². The molecule has 0 heterocycles. The van der Waals surface area contributed by atoms with Crippen molar-refractivity contribution in [1.29, 1.82) is 0 Å². The molecule has 4 heteroatoms. The average molecular weight is 176 g/mol. The van der Waals surface area contributed by atoms with Gasteiger partial charge < -0.3 is 15.3 Å². The Kier molecular flexibility index (Phi) is 4.20. The van der Waals surface area contributed by atoms with Crippen LogP contribution in [-0.2, 0) is 4.79 Å². The summed E-state index contributed by atoms with van der Waals surface area (Å²) in [5, 5.41) is 27.4. The highest BCUT2D eigenvalue weighted by Gasteiger charge is 2.41. The summed E-state index contributed by atoms with van der Waals surface area (Å²) >= 11 is 0. The lowest BCUT2D eigenvalue weighted by Crippen LogP contribution is -2.49. The Bertz CT molecular complexity index is 157. The maximum atomic E-state index is 10.6. The third-order valence-corrected chi connectivity index (χ3v) is 1.94. The Hall–Kier alpha value is -0.610. The third-order valence-electron chi connectivity index (χ3n) is 1.94. The predicted molar refractivity (Wildman–Crippen MR) is 43.8 cm³/mol. The molecule has 0 aromatic carbocycles. The summed E-state index contributed by atoms with van der Waals surface area (Å²) in [5.74, 6) is -1.35. The maximum Gasteiger partial charge on any atom is 0.338 e. The maximum absolute atomic E-state index is 10.6. The van der Waals surface area contributed by atoms with Gasteiger partial charge in [-0.3, -0.25) is 0 Å². The Morgan fingerprint density at radius 2 is 2.00 bits per heavy atom. The van der Waals surface area contributed by atoms with E-state index in [2.05, 4.69) is 0 Å². The molecule has 0 saturated heterocycles. The van der Waals surface area contributed by atoms with E-state index in [-0.39, 0.29) is 12.8 Å². The average Bonchev–Trinajstić information content (AvgIpc) is 2.03. The lowest BCUT2D eigenvalue weighted by Gasteiger charge is -2.27. The minimum atomic E-state index is -1.97. The number of aliphatic carboxylic acids is 1. The number of rotatable bonds is 5. The Balaban J connectivity index is 4.48. The number of carbonyl (C=O) groups is 1. The molecular weight excluding hydrogens is 160 g/mol. The molecule has 0 spiro atoms. The monoisotopic (exact) mass is 176 g/mol. The highest BCUT2D eigenvalue weighted by atomic mass is 16.4. The van der Waals surface area contributed by atoms with E-state index in [0.29, 0.717) is 6.42 Å². The van der Waals surface area contributed by atoms with Gasteiger partial charge in [0.1, 0.15) is 0 Å². The van der Waals surface area contributed by atoms with E-state index in [1.807, 2.05) is 0 Å². The number of aliphatic hydroxyl groups excluding tert-OH is 1. The summed E-state index contributed by atoms with van der Waals surface area (Å²) in [6, 6.07) is 0. The van der Waals surface area contributed by atoms with Crippen molar-refractivity contribution in [3.8, 4) is 0 Å². The van der Waals surface area contributed by atoms with E-state index in [1.165, 1.54) is 0 Å². The van der Waals surface area contributed by atoms with Crippen LogP contribution in [0.4, 0.5) is 0 Å². The SMILES string of the molecule is CCCC(O)(C(=O)O)C(O)CC. The first kappa shape index (κ1) is 11.4. The molecule has 0 aliphatic carbocycles. The van der Waals surface area contributed by atoms with Gasteiger partial charge in [0.15, 0.2) is 5.60 Å². The van der Waals surface area contributed by atoms with Crippen molar-refractivity contribution < 1.29 is 20.1 Å². The molecule has 3 N–H and O–H groups in total. The zero-order valence-electron chi connectivity index (χ0n) is 7.45. The second-order valence-electron chi connectivity index (χ2n) is 2.90. The van der Waals surface area contributed by atoms with Gasteiger partial charge in [0.25, 0.3) is 0 Å². The highest BCUT2D eigenvalue weighted by Crippen LogP contribution is 2.20. The van der Waals surface area contributed by atoms with Crippen LogP contribution in [0.1, 0.15) is 33.1 Å². The number of aliphatic hydroxyl groups is 2. The normalized spacial score (nSPS) is 18.3. The van der Waals surface area contributed by atoms with Gasteiger partial charge in [-0.2, -0.15) is 0 Å². The largest absolute Gasteiger partial charge is 0.479 e. The predicted octanol–water partition coefficient (Wildman–Crippen LogP) is 0.373. The molecule has 0 fully saturated rings. The van der Waals surface area contributed by atoms with E-state index >= 15 is 0 Å². The van der Waals surface area contributed by atoms with Gasteiger partial charge in [-0.05, 0) is 12.8 Å². The van der Waals surface area contributed by atoms with Crippen LogP contribution >= 0.6 is 0 Å². The fourth-order valence-corrected chi connectivity index (χ4v) is 1.13. The zero-order valence-corrected chi connectivity index (χ0v) is 7.45. The highest BCUT2D eigenvalue weighted by molar-refractivity contribution is 5.77. The summed E-state index contributed by atoms with van der Waals surface area (Å²) in [6.07, 6.45) is -0.338. The second kappa shape index (κ2) is 4.42. The molecule has 0 rings (SSSR count). The van der Waals surface area contributed by atoms with Crippen molar-refractivity contribution in [2.24, 2.45) is 0 Å². The van der Waals surface area contributed by atoms with Crippen LogP contribution in [0.25, 0.3) is 0 Å². The molecule has 2 unspecified atom stereocenters. The minimum Gasteiger partial charge on any atom is -0.479 e. The fourth-order valence-electron chi connectivity index (χ4n) is 1.13. The van der Waals surface area contributed by atoms with Gasteiger partial charge in [0, 0.05) is 0 Å². The zero-order chi connectivity index (χ0) is 9.78. The van der Waals surface area contributed by atoms with Crippen molar-refractivity contribution >= 4 is 5.97 Å². The molecule has 0 aliphatic heterocycles. The molecule has 2 atom stereocenters. The molecule has 0 amide bonds. The molecule has 0 radical (unpaired) electrons. The van der Waals surface area contributed by atoms with Crippen molar-refractivity contribution in [2.75, 3.05) is 0 Å². The Morgan fingerprint density at radius 3 is 2.25 bits per heavy atom. The van der Waals surface area contributed by atoms with E-state index in [0.717, 1.165) is 0 Å². The standard InChI is InChI=1S/C8H16O4/c1-3-5-8(12,7(10)11)6(9)4-2/h6,9,12H,3-5H2,1-2H3,(H,10,11). The molecule has 0 aromatic heterocycles. The number of carboxylic acids is 1. The quantitative estimate of drug-likeness (QED) is 0.565. The molecule has 12 heavy (non-hydrogen) atoms. The van der Waals surface area contributed by atoms with Gasteiger partial charge >= 0.3 is 5.97 Å². The summed E-state index contributed by atoms with van der Waals surface area (Å²) in [6.45, 7) is 3.39. The fraction of sp³-hybridized carbons (Fsp3) is 0.875. The van der Waals surface area contributed by atoms with Gasteiger partial charge in [-0.25, -0.2) is 4.79 Å². The topological polar surface area (TPSA) is 77.8 Å². The Labute approximate surface area is 71.8 Å². The first-order valence-corrected chi connectivity index (χ1v) is 4.12. The smallest absolute Gasteiger partial charge is 0.338 e. The summed E-state index contributed by atoms with van der Waals surface area (Å²) < 4.78 is 0. The van der Waals surface area contributed by atoms with Crippen LogP contribution in [0, 0.1) is 0 Å². The number of hydrogen-bond acceptors (Lipinski definition) is 3. The number of hydrogen-bond donors (Lipinski definition) is 3. The molecule has 0 aliphatic rings. The van der Waals surface area contributed by atoms with Gasteiger partial charge in [-0.1, -0.05) is 20.3 Å².